The van der Waals surface area contributed by atoms with Crippen molar-refractivity contribution in [3.8, 4) is 0 Å². The number of hydrogen-bond donors (Lipinski definition) is 1. The second-order valence-electron chi connectivity index (χ2n) is 7.46. The number of guanidine groups is 1. The van der Waals surface area contributed by atoms with Gasteiger partial charge in [0, 0.05) is 51.5 Å². The highest BCUT2D eigenvalue weighted by Gasteiger charge is 2.25. The van der Waals surface area contributed by atoms with Gasteiger partial charge in [0.25, 0.3) is 0 Å². The standard InChI is InChI=1S/C19H34N6O.HI/c1-16-7-4-5-9-24(16)10-6-8-21-19(20-2)25-11-12-26-18(15-25)17-13-22-23(3)14-17;/h13-14,16,18H,4-12,15H2,1-3H3,(H,20,21);1H. The molecule has 0 bridgehead atoms. The van der Waals surface area contributed by atoms with Crippen LogP contribution in [0.5, 0.6) is 0 Å². The molecule has 1 aromatic heterocycles. The van der Waals surface area contributed by atoms with Crippen LogP contribution in [0.3, 0.4) is 0 Å². The van der Waals surface area contributed by atoms with E-state index in [1.54, 1.807) is 0 Å². The molecule has 27 heavy (non-hydrogen) atoms. The normalized spacial score (nSPS) is 24.6. The number of likely N-dealkylation sites (tertiary alicyclic amines) is 1. The smallest absolute Gasteiger partial charge is 0.193 e. The van der Waals surface area contributed by atoms with Crippen molar-refractivity contribution in [1.29, 1.82) is 0 Å². The van der Waals surface area contributed by atoms with Gasteiger partial charge in [-0.05, 0) is 32.7 Å². The van der Waals surface area contributed by atoms with Crippen molar-refractivity contribution in [2.75, 3.05) is 46.4 Å². The van der Waals surface area contributed by atoms with Gasteiger partial charge < -0.3 is 19.9 Å². The molecular formula is C19H35IN6O. The van der Waals surface area contributed by atoms with E-state index in [1.807, 2.05) is 31.2 Å². The van der Waals surface area contributed by atoms with Crippen LogP contribution in [0.15, 0.2) is 17.4 Å². The Morgan fingerprint density at radius 1 is 1.37 bits per heavy atom. The second-order valence-corrected chi connectivity index (χ2v) is 7.46. The Balaban J connectivity index is 0.00000261. The number of hydrogen-bond acceptors (Lipinski definition) is 4. The fourth-order valence-corrected chi connectivity index (χ4v) is 3.95. The summed E-state index contributed by atoms with van der Waals surface area (Å²) in [7, 11) is 3.80. The highest BCUT2D eigenvalue weighted by Crippen LogP contribution is 2.21. The summed E-state index contributed by atoms with van der Waals surface area (Å²) >= 11 is 0. The maximum absolute atomic E-state index is 5.93. The Kier molecular flexibility index (Phi) is 9.31. The van der Waals surface area contributed by atoms with Gasteiger partial charge in [-0.15, -0.1) is 24.0 Å². The Morgan fingerprint density at radius 3 is 2.93 bits per heavy atom. The molecule has 8 heteroatoms. The fraction of sp³-hybridized carbons (Fsp3) is 0.789. The molecule has 7 nitrogen and oxygen atoms in total. The predicted molar refractivity (Wildman–Crippen MR) is 120 cm³/mol. The molecule has 0 saturated carbocycles. The van der Waals surface area contributed by atoms with Crippen molar-refractivity contribution < 1.29 is 4.74 Å². The third-order valence-corrected chi connectivity index (χ3v) is 5.52. The zero-order valence-corrected chi connectivity index (χ0v) is 19.3. The molecular weight excluding hydrogens is 455 g/mol. The van der Waals surface area contributed by atoms with Gasteiger partial charge in [-0.1, -0.05) is 6.42 Å². The van der Waals surface area contributed by atoms with Crippen LogP contribution in [0.1, 0.15) is 44.3 Å². The van der Waals surface area contributed by atoms with Gasteiger partial charge in [-0.25, -0.2) is 0 Å². The summed E-state index contributed by atoms with van der Waals surface area (Å²) < 4.78 is 7.76. The number of aliphatic imine (C=N–C) groups is 1. The summed E-state index contributed by atoms with van der Waals surface area (Å²) in [5.41, 5.74) is 1.13. The van der Waals surface area contributed by atoms with E-state index in [1.165, 1.54) is 32.4 Å². The molecule has 154 valence electrons. The first-order valence-electron chi connectivity index (χ1n) is 9.97. The lowest BCUT2D eigenvalue weighted by Crippen LogP contribution is -2.48. The Hall–Kier alpha value is -0.870. The monoisotopic (exact) mass is 490 g/mol. The van der Waals surface area contributed by atoms with Gasteiger partial charge in [0.15, 0.2) is 5.96 Å². The third kappa shape index (κ3) is 6.32. The highest BCUT2D eigenvalue weighted by molar-refractivity contribution is 14.0. The van der Waals surface area contributed by atoms with Crippen molar-refractivity contribution in [3.05, 3.63) is 18.0 Å². The molecule has 3 rings (SSSR count). The number of rotatable bonds is 5. The molecule has 1 aromatic rings. The summed E-state index contributed by atoms with van der Waals surface area (Å²) in [6.45, 7) is 8.15. The number of morpholine rings is 1. The minimum absolute atomic E-state index is 0. The largest absolute Gasteiger partial charge is 0.370 e. The van der Waals surface area contributed by atoms with Crippen LogP contribution in [0, 0.1) is 0 Å². The van der Waals surface area contributed by atoms with Gasteiger partial charge in [0.05, 0.1) is 19.3 Å². The van der Waals surface area contributed by atoms with Crippen molar-refractivity contribution >= 4 is 29.9 Å². The first kappa shape index (κ1) is 22.4. The van der Waals surface area contributed by atoms with Crippen molar-refractivity contribution in [3.63, 3.8) is 0 Å². The highest BCUT2D eigenvalue weighted by atomic mass is 127. The van der Waals surface area contributed by atoms with Crippen molar-refractivity contribution in [2.24, 2.45) is 12.0 Å². The van der Waals surface area contributed by atoms with Crippen LogP contribution in [0.2, 0.25) is 0 Å². The van der Waals surface area contributed by atoms with Gasteiger partial charge >= 0.3 is 0 Å². The minimum Gasteiger partial charge on any atom is -0.370 e. The molecule has 2 unspecified atom stereocenters. The SMILES string of the molecule is CN=C(NCCCN1CCCCC1C)N1CCOC(c2cnn(C)c2)C1.I. The molecule has 2 fully saturated rings. The third-order valence-electron chi connectivity index (χ3n) is 5.52. The van der Waals surface area contributed by atoms with Gasteiger partial charge in [-0.3, -0.25) is 9.67 Å². The minimum atomic E-state index is 0. The number of halogens is 1. The van der Waals surface area contributed by atoms with Crippen molar-refractivity contribution in [2.45, 2.75) is 44.8 Å². The number of aryl methyl sites for hydroxylation is 1. The van der Waals surface area contributed by atoms with Crippen LogP contribution >= 0.6 is 24.0 Å². The first-order chi connectivity index (χ1) is 12.7. The lowest BCUT2D eigenvalue weighted by molar-refractivity contribution is -0.00803. The van der Waals surface area contributed by atoms with Gasteiger partial charge in [0.2, 0.25) is 0 Å². The molecule has 1 N–H and O–H groups in total. The molecule has 3 heterocycles. The molecule has 0 radical (unpaired) electrons. The zero-order valence-electron chi connectivity index (χ0n) is 16.9. The van der Waals surface area contributed by atoms with Crippen LogP contribution < -0.4 is 5.32 Å². The summed E-state index contributed by atoms with van der Waals surface area (Å²) in [6.07, 6.45) is 9.22. The lowest BCUT2D eigenvalue weighted by Gasteiger charge is -2.35. The Labute approximate surface area is 180 Å². The number of aromatic nitrogens is 2. The lowest BCUT2D eigenvalue weighted by atomic mass is 10.0. The summed E-state index contributed by atoms with van der Waals surface area (Å²) in [5, 5.41) is 7.80. The second kappa shape index (κ2) is 11.2. The molecule has 2 atom stereocenters. The molecule has 0 amide bonds. The summed E-state index contributed by atoms with van der Waals surface area (Å²) in [5.74, 6) is 0.980. The average molecular weight is 490 g/mol. The van der Waals surface area contributed by atoms with E-state index in [-0.39, 0.29) is 30.1 Å². The summed E-state index contributed by atoms with van der Waals surface area (Å²) in [6, 6.07) is 0.738. The van der Waals surface area contributed by atoms with Gasteiger partial charge in [0.1, 0.15) is 6.10 Å². The fourth-order valence-electron chi connectivity index (χ4n) is 3.95. The van der Waals surface area contributed by atoms with Gasteiger partial charge in [-0.2, -0.15) is 5.10 Å². The summed E-state index contributed by atoms with van der Waals surface area (Å²) in [4.78, 5) is 9.41. The van der Waals surface area contributed by atoms with E-state index in [9.17, 15) is 0 Å². The van der Waals surface area contributed by atoms with E-state index in [0.717, 1.165) is 43.6 Å². The van der Waals surface area contributed by atoms with E-state index in [4.69, 9.17) is 4.74 Å². The van der Waals surface area contributed by atoms with E-state index in [2.05, 4.69) is 32.1 Å². The molecule has 2 aliphatic rings. The Bertz CT molecular complexity index is 593. The maximum Gasteiger partial charge on any atom is 0.193 e. The van der Waals surface area contributed by atoms with Crippen LogP contribution in [-0.4, -0.2) is 78.0 Å². The average Bonchev–Trinajstić information content (AvgIpc) is 3.10. The quantitative estimate of drug-likeness (QED) is 0.297. The van der Waals surface area contributed by atoms with Crippen LogP contribution in [-0.2, 0) is 11.8 Å². The zero-order chi connectivity index (χ0) is 18.4. The molecule has 2 saturated heterocycles. The van der Waals surface area contributed by atoms with E-state index >= 15 is 0 Å². The number of nitrogens with one attached hydrogen (secondary N) is 1. The Morgan fingerprint density at radius 2 is 2.22 bits per heavy atom. The number of ether oxygens (including phenoxy) is 1. The van der Waals surface area contributed by atoms with Crippen LogP contribution in [0.4, 0.5) is 0 Å². The molecule has 0 aromatic carbocycles. The van der Waals surface area contributed by atoms with Crippen molar-refractivity contribution in [1.82, 2.24) is 24.9 Å². The maximum atomic E-state index is 5.93. The number of piperidine rings is 1. The van der Waals surface area contributed by atoms with E-state index < -0.39 is 0 Å². The molecule has 2 aliphatic heterocycles. The van der Waals surface area contributed by atoms with Crippen LogP contribution in [0.25, 0.3) is 0 Å². The van der Waals surface area contributed by atoms with E-state index in [0.29, 0.717) is 6.61 Å². The topological polar surface area (TPSA) is 57.9 Å². The molecule has 0 aliphatic carbocycles. The predicted octanol–water partition coefficient (Wildman–Crippen LogP) is 2.25. The number of nitrogens with zero attached hydrogens (tertiary/aromatic N) is 5. The molecule has 0 spiro atoms. The first-order valence-corrected chi connectivity index (χ1v) is 9.97.